The molecule has 3 heteroatoms. The molecule has 0 spiro atoms. The molecular weight excluding hydrogens is 142 g/mol. The van der Waals surface area contributed by atoms with Crippen LogP contribution in [0.4, 0.5) is 0 Å². The second-order valence-electron chi connectivity index (χ2n) is 1.59. The highest BCUT2D eigenvalue weighted by atomic mass is 16.5. The average Bonchev–Trinajstić information content (AvgIpc) is 2.59. The third-order valence-corrected chi connectivity index (χ3v) is 1.02. The van der Waals surface area contributed by atoms with Gasteiger partial charge in [0.25, 0.3) is 0 Å². The van der Waals surface area contributed by atoms with Crippen molar-refractivity contribution in [2.75, 3.05) is 7.11 Å². The molecule has 0 unspecified atom stereocenters. The number of carbonyl (C=O) groups is 1. The second-order valence-corrected chi connectivity index (χ2v) is 1.59. The number of nitrogens with one attached hydrogen (secondary N) is 1. The summed E-state index contributed by atoms with van der Waals surface area (Å²) in [4.78, 5) is 13.4. The van der Waals surface area contributed by atoms with E-state index in [0.717, 1.165) is 0 Å². The van der Waals surface area contributed by atoms with Crippen LogP contribution in [0.2, 0.25) is 0 Å². The topological polar surface area (TPSA) is 42.1 Å². The molecule has 0 saturated heterocycles. The molecule has 1 aromatic rings. The van der Waals surface area contributed by atoms with Crippen LogP contribution in [0.25, 0.3) is 0 Å². The van der Waals surface area contributed by atoms with Crippen LogP contribution in [0, 0.1) is 0 Å². The standard InChI is InChI=1S/C6H7NO2.C2H6/c1-9-6(8)5-2-3-7-4-5;1-2/h2-4,7H,1H3;1-2H3. The van der Waals surface area contributed by atoms with E-state index in [-0.39, 0.29) is 5.97 Å². The number of esters is 1. The van der Waals surface area contributed by atoms with Crippen LogP contribution >= 0.6 is 0 Å². The number of aromatic amines is 1. The summed E-state index contributed by atoms with van der Waals surface area (Å²) in [6, 6.07) is 1.66. The Hall–Kier alpha value is -1.25. The zero-order valence-corrected chi connectivity index (χ0v) is 7.05. The predicted molar refractivity (Wildman–Crippen MR) is 43.5 cm³/mol. The van der Waals surface area contributed by atoms with Gasteiger partial charge < -0.3 is 9.72 Å². The molecule has 62 valence electrons. The van der Waals surface area contributed by atoms with Crippen LogP contribution in [0.5, 0.6) is 0 Å². The third-order valence-electron chi connectivity index (χ3n) is 1.02. The van der Waals surface area contributed by atoms with E-state index < -0.39 is 0 Å². The summed E-state index contributed by atoms with van der Waals surface area (Å²) in [6.07, 6.45) is 3.26. The molecular formula is C8H13NO2. The molecule has 0 radical (unpaired) electrons. The molecule has 0 fully saturated rings. The van der Waals surface area contributed by atoms with Crippen LogP contribution in [0.3, 0.4) is 0 Å². The molecule has 0 aliphatic heterocycles. The average molecular weight is 155 g/mol. The van der Waals surface area contributed by atoms with Crippen molar-refractivity contribution in [2.24, 2.45) is 0 Å². The molecule has 1 N–H and O–H groups in total. The summed E-state index contributed by atoms with van der Waals surface area (Å²) in [6.45, 7) is 4.00. The molecule has 11 heavy (non-hydrogen) atoms. The summed E-state index contributed by atoms with van der Waals surface area (Å²) in [5.74, 6) is -0.309. The van der Waals surface area contributed by atoms with Gasteiger partial charge in [0.15, 0.2) is 0 Å². The minimum atomic E-state index is -0.309. The van der Waals surface area contributed by atoms with Crippen molar-refractivity contribution in [3.8, 4) is 0 Å². The summed E-state index contributed by atoms with van der Waals surface area (Å²) < 4.78 is 4.44. The van der Waals surface area contributed by atoms with E-state index in [9.17, 15) is 4.79 Å². The predicted octanol–water partition coefficient (Wildman–Crippen LogP) is 1.83. The molecule has 0 amide bonds. The minimum Gasteiger partial charge on any atom is -0.465 e. The van der Waals surface area contributed by atoms with Gasteiger partial charge in [0, 0.05) is 12.4 Å². The lowest BCUT2D eigenvalue weighted by molar-refractivity contribution is 0.0601. The Morgan fingerprint density at radius 1 is 1.55 bits per heavy atom. The van der Waals surface area contributed by atoms with Gasteiger partial charge in [-0.1, -0.05) is 13.8 Å². The van der Waals surface area contributed by atoms with Crippen molar-refractivity contribution in [1.82, 2.24) is 4.98 Å². The highest BCUT2D eigenvalue weighted by Gasteiger charge is 2.02. The summed E-state index contributed by atoms with van der Waals surface area (Å²) >= 11 is 0. The van der Waals surface area contributed by atoms with Gasteiger partial charge in [0.2, 0.25) is 0 Å². The fraction of sp³-hybridized carbons (Fsp3) is 0.375. The SMILES string of the molecule is CC.COC(=O)c1cc[nH]c1. The van der Waals surface area contributed by atoms with Crippen molar-refractivity contribution in [3.05, 3.63) is 24.0 Å². The molecule has 3 nitrogen and oxygen atoms in total. The van der Waals surface area contributed by atoms with E-state index in [1.807, 2.05) is 13.8 Å². The van der Waals surface area contributed by atoms with Gasteiger partial charge >= 0.3 is 5.97 Å². The van der Waals surface area contributed by atoms with E-state index in [2.05, 4.69) is 9.72 Å². The molecule has 1 heterocycles. The molecule has 0 bridgehead atoms. The van der Waals surface area contributed by atoms with Gasteiger partial charge in [-0.25, -0.2) is 4.79 Å². The van der Waals surface area contributed by atoms with Gasteiger partial charge in [-0.3, -0.25) is 0 Å². The van der Waals surface area contributed by atoms with Gasteiger partial charge in [0.1, 0.15) is 0 Å². The third kappa shape index (κ3) is 2.89. The fourth-order valence-electron chi connectivity index (χ4n) is 0.569. The lowest BCUT2D eigenvalue weighted by Crippen LogP contribution is -1.97. The number of hydrogen-bond donors (Lipinski definition) is 1. The molecule has 0 saturated carbocycles. The van der Waals surface area contributed by atoms with E-state index in [0.29, 0.717) is 5.56 Å². The second kappa shape index (κ2) is 5.53. The lowest BCUT2D eigenvalue weighted by Gasteiger charge is -1.90. The number of carbonyl (C=O) groups excluding carboxylic acids is 1. The number of H-pyrrole nitrogens is 1. The van der Waals surface area contributed by atoms with Crippen molar-refractivity contribution < 1.29 is 9.53 Å². The van der Waals surface area contributed by atoms with E-state index in [1.54, 1.807) is 18.5 Å². The number of ether oxygens (including phenoxy) is 1. The van der Waals surface area contributed by atoms with Crippen molar-refractivity contribution >= 4 is 5.97 Å². The first-order valence-corrected chi connectivity index (χ1v) is 3.55. The molecule has 0 aliphatic carbocycles. The van der Waals surface area contributed by atoms with Gasteiger partial charge in [-0.15, -0.1) is 0 Å². The summed E-state index contributed by atoms with van der Waals surface area (Å²) in [5.41, 5.74) is 0.553. The Bertz CT molecular complexity index is 192. The zero-order valence-electron chi connectivity index (χ0n) is 7.05. The molecule has 0 aromatic carbocycles. The zero-order chi connectivity index (χ0) is 8.69. The first-order valence-electron chi connectivity index (χ1n) is 3.55. The van der Waals surface area contributed by atoms with Gasteiger partial charge in [-0.2, -0.15) is 0 Å². The smallest absolute Gasteiger partial charge is 0.339 e. The van der Waals surface area contributed by atoms with E-state index in [1.165, 1.54) is 7.11 Å². The van der Waals surface area contributed by atoms with E-state index in [4.69, 9.17) is 0 Å². The van der Waals surface area contributed by atoms with Crippen molar-refractivity contribution in [2.45, 2.75) is 13.8 Å². The maximum absolute atomic E-state index is 10.6. The van der Waals surface area contributed by atoms with E-state index >= 15 is 0 Å². The first kappa shape index (κ1) is 9.75. The number of aromatic nitrogens is 1. The molecule has 1 aromatic heterocycles. The Balaban J connectivity index is 0.000000461. The molecule has 0 atom stereocenters. The lowest BCUT2D eigenvalue weighted by atomic mass is 10.3. The first-order chi connectivity index (χ1) is 5.34. The van der Waals surface area contributed by atoms with Gasteiger partial charge in [0.05, 0.1) is 12.7 Å². The monoisotopic (exact) mass is 155 g/mol. The summed E-state index contributed by atoms with van der Waals surface area (Å²) in [5, 5.41) is 0. The van der Waals surface area contributed by atoms with Crippen LogP contribution in [0.15, 0.2) is 18.5 Å². The Morgan fingerprint density at radius 2 is 2.18 bits per heavy atom. The van der Waals surface area contributed by atoms with Gasteiger partial charge in [-0.05, 0) is 6.07 Å². The van der Waals surface area contributed by atoms with Crippen LogP contribution < -0.4 is 0 Å². The molecule has 1 rings (SSSR count). The Labute approximate surface area is 66.4 Å². The summed E-state index contributed by atoms with van der Waals surface area (Å²) in [7, 11) is 1.36. The normalized spacial score (nSPS) is 7.91. The maximum Gasteiger partial charge on any atom is 0.339 e. The largest absolute Gasteiger partial charge is 0.465 e. The minimum absolute atomic E-state index is 0.309. The van der Waals surface area contributed by atoms with Crippen molar-refractivity contribution in [1.29, 1.82) is 0 Å². The number of methoxy groups -OCH3 is 1. The molecule has 0 aliphatic rings. The highest BCUT2D eigenvalue weighted by molar-refractivity contribution is 5.88. The van der Waals surface area contributed by atoms with Crippen LogP contribution in [-0.2, 0) is 4.74 Å². The fourth-order valence-corrected chi connectivity index (χ4v) is 0.569. The quantitative estimate of drug-likeness (QED) is 0.628. The Kier molecular flexibility index (Phi) is 4.90. The van der Waals surface area contributed by atoms with Crippen LogP contribution in [0.1, 0.15) is 24.2 Å². The Morgan fingerprint density at radius 3 is 2.55 bits per heavy atom. The van der Waals surface area contributed by atoms with Crippen molar-refractivity contribution in [3.63, 3.8) is 0 Å². The van der Waals surface area contributed by atoms with Crippen LogP contribution in [-0.4, -0.2) is 18.1 Å². The maximum atomic E-state index is 10.6. The number of rotatable bonds is 1. The highest BCUT2D eigenvalue weighted by Crippen LogP contribution is 1.96. The number of hydrogen-bond acceptors (Lipinski definition) is 2.